The Labute approximate surface area is 81.6 Å². The van der Waals surface area contributed by atoms with Gasteiger partial charge in [0.2, 0.25) is 5.91 Å². The van der Waals surface area contributed by atoms with Crippen LogP contribution in [-0.4, -0.2) is 55.7 Å². The number of nitrogens with zero attached hydrogens (tertiary/aromatic N) is 1. The number of rotatable bonds is 2. The van der Waals surface area contributed by atoms with Gasteiger partial charge in [0, 0.05) is 20.2 Å². The molecule has 2 N–H and O–H groups in total. The van der Waals surface area contributed by atoms with Crippen LogP contribution in [-0.2, 0) is 9.53 Å². The van der Waals surface area contributed by atoms with E-state index in [1.54, 1.807) is 7.11 Å². The summed E-state index contributed by atoms with van der Waals surface area (Å²) < 4.78 is 5.20. The summed E-state index contributed by atoms with van der Waals surface area (Å²) in [5, 5.41) is 5.59. The second kappa shape index (κ2) is 3.55. The van der Waals surface area contributed by atoms with Crippen molar-refractivity contribution < 1.29 is 14.3 Å². The van der Waals surface area contributed by atoms with Crippen LogP contribution in [0.5, 0.6) is 0 Å². The summed E-state index contributed by atoms with van der Waals surface area (Å²) in [6.45, 7) is 1.39. The molecule has 6 heteroatoms. The van der Waals surface area contributed by atoms with E-state index in [1.807, 2.05) is 0 Å². The van der Waals surface area contributed by atoms with Gasteiger partial charge in [-0.05, 0) is 0 Å². The van der Waals surface area contributed by atoms with Gasteiger partial charge in [-0.15, -0.1) is 0 Å². The van der Waals surface area contributed by atoms with Crippen molar-refractivity contribution in [3.05, 3.63) is 0 Å². The second-order valence-electron chi connectivity index (χ2n) is 3.42. The van der Waals surface area contributed by atoms with Crippen molar-refractivity contribution in [1.82, 2.24) is 15.5 Å². The molecule has 2 aliphatic heterocycles. The van der Waals surface area contributed by atoms with Crippen molar-refractivity contribution in [3.8, 4) is 0 Å². The Balaban J connectivity index is 2.13. The van der Waals surface area contributed by atoms with E-state index in [-0.39, 0.29) is 30.6 Å². The fourth-order valence-electron chi connectivity index (χ4n) is 1.91. The lowest BCUT2D eigenvalue weighted by Crippen LogP contribution is -2.47. The third kappa shape index (κ3) is 1.36. The Hall–Kier alpha value is -1.14. The zero-order valence-corrected chi connectivity index (χ0v) is 7.95. The summed E-state index contributed by atoms with van der Waals surface area (Å²) in [6, 6.07) is -0.485. The maximum absolute atomic E-state index is 11.4. The van der Waals surface area contributed by atoms with Crippen LogP contribution in [0.1, 0.15) is 0 Å². The van der Waals surface area contributed by atoms with Gasteiger partial charge in [-0.25, -0.2) is 4.79 Å². The fourth-order valence-corrected chi connectivity index (χ4v) is 1.91. The summed E-state index contributed by atoms with van der Waals surface area (Å²) in [6.07, 6.45) is -0.0946. The molecule has 14 heavy (non-hydrogen) atoms. The summed E-state index contributed by atoms with van der Waals surface area (Å²) in [7, 11) is 1.59. The zero-order valence-electron chi connectivity index (χ0n) is 7.95. The third-order valence-corrected chi connectivity index (χ3v) is 2.64. The molecule has 0 radical (unpaired) electrons. The Bertz CT molecular complexity index is 253. The maximum Gasteiger partial charge on any atom is 0.324 e. The highest BCUT2D eigenvalue weighted by Crippen LogP contribution is 2.14. The third-order valence-electron chi connectivity index (χ3n) is 2.64. The quantitative estimate of drug-likeness (QED) is 0.532. The number of nitrogens with one attached hydrogen (secondary N) is 2. The molecule has 6 nitrogen and oxygen atoms in total. The number of ether oxygens (including phenoxy) is 1. The highest BCUT2D eigenvalue weighted by molar-refractivity contribution is 6.02. The minimum absolute atomic E-state index is 0.0946. The van der Waals surface area contributed by atoms with E-state index in [9.17, 15) is 9.59 Å². The predicted octanol–water partition coefficient (Wildman–Crippen LogP) is -1.47. The Morgan fingerprint density at radius 2 is 2.21 bits per heavy atom. The zero-order chi connectivity index (χ0) is 10.1. The molecule has 2 aliphatic rings. The van der Waals surface area contributed by atoms with Crippen LogP contribution < -0.4 is 10.6 Å². The molecule has 0 aliphatic carbocycles. The first-order valence-corrected chi connectivity index (χ1v) is 4.57. The number of carbonyl (C=O) groups excluding carboxylic acids is 2. The molecule has 78 valence electrons. The van der Waals surface area contributed by atoms with Gasteiger partial charge in [0.25, 0.3) is 0 Å². The van der Waals surface area contributed by atoms with Crippen molar-refractivity contribution >= 4 is 11.9 Å². The van der Waals surface area contributed by atoms with Crippen molar-refractivity contribution in [2.75, 3.05) is 26.7 Å². The van der Waals surface area contributed by atoms with Gasteiger partial charge in [0.05, 0.1) is 18.7 Å². The van der Waals surface area contributed by atoms with Crippen LogP contribution >= 0.6 is 0 Å². The number of amides is 3. The van der Waals surface area contributed by atoms with Crippen LogP contribution in [0.3, 0.4) is 0 Å². The molecule has 2 saturated heterocycles. The molecule has 2 fully saturated rings. The minimum Gasteiger partial charge on any atom is -0.378 e. The largest absolute Gasteiger partial charge is 0.378 e. The van der Waals surface area contributed by atoms with Crippen LogP contribution in [0, 0.1) is 0 Å². The van der Waals surface area contributed by atoms with Crippen molar-refractivity contribution in [3.63, 3.8) is 0 Å². The number of hydrogen-bond acceptors (Lipinski definition) is 4. The van der Waals surface area contributed by atoms with E-state index in [1.165, 1.54) is 4.90 Å². The summed E-state index contributed by atoms with van der Waals surface area (Å²) in [4.78, 5) is 24.0. The average Bonchev–Trinajstić information content (AvgIpc) is 2.73. The molecule has 0 bridgehead atoms. The SMILES string of the molecule is CO[C@H]1CNCC1N1C(=O)CNC1=O. The van der Waals surface area contributed by atoms with Crippen molar-refractivity contribution in [1.29, 1.82) is 0 Å². The Morgan fingerprint density at radius 1 is 1.43 bits per heavy atom. The highest BCUT2D eigenvalue weighted by Gasteiger charge is 2.41. The maximum atomic E-state index is 11.4. The molecule has 2 atom stereocenters. The number of imide groups is 1. The highest BCUT2D eigenvalue weighted by atomic mass is 16.5. The topological polar surface area (TPSA) is 70.7 Å². The van der Waals surface area contributed by atoms with E-state index in [0.29, 0.717) is 13.1 Å². The normalized spacial score (nSPS) is 32.5. The molecule has 2 rings (SSSR count). The first-order chi connectivity index (χ1) is 6.74. The van der Waals surface area contributed by atoms with Gasteiger partial charge in [-0.3, -0.25) is 9.69 Å². The lowest BCUT2D eigenvalue weighted by Gasteiger charge is -2.24. The first kappa shape index (κ1) is 9.42. The number of carbonyl (C=O) groups is 2. The van der Waals surface area contributed by atoms with Gasteiger partial charge in [-0.2, -0.15) is 0 Å². The monoisotopic (exact) mass is 199 g/mol. The van der Waals surface area contributed by atoms with E-state index in [4.69, 9.17) is 4.74 Å². The predicted molar refractivity (Wildman–Crippen MR) is 47.7 cm³/mol. The summed E-state index contributed by atoms with van der Waals surface area (Å²) in [5.74, 6) is -0.175. The number of hydrogen-bond donors (Lipinski definition) is 2. The van der Waals surface area contributed by atoms with Gasteiger partial charge in [0.1, 0.15) is 0 Å². The molecule has 0 saturated carbocycles. The van der Waals surface area contributed by atoms with E-state index >= 15 is 0 Å². The van der Waals surface area contributed by atoms with Crippen LogP contribution in [0.15, 0.2) is 0 Å². The van der Waals surface area contributed by atoms with Gasteiger partial charge >= 0.3 is 6.03 Å². The lowest BCUT2D eigenvalue weighted by molar-refractivity contribution is -0.127. The van der Waals surface area contributed by atoms with Crippen LogP contribution in [0.2, 0.25) is 0 Å². The average molecular weight is 199 g/mol. The van der Waals surface area contributed by atoms with Gasteiger partial charge in [0.15, 0.2) is 0 Å². The lowest BCUT2D eigenvalue weighted by atomic mass is 10.2. The van der Waals surface area contributed by atoms with Crippen LogP contribution in [0.25, 0.3) is 0 Å². The minimum atomic E-state index is -0.314. The standard InChI is InChI=1S/C8H13N3O3/c1-14-6-3-9-2-5(6)11-7(12)4-10-8(11)13/h5-6,9H,2-4H2,1H3,(H,10,13)/t5?,6-/m0/s1. The fraction of sp³-hybridized carbons (Fsp3) is 0.750. The number of urea groups is 1. The molecule has 3 amide bonds. The van der Waals surface area contributed by atoms with Crippen molar-refractivity contribution in [2.24, 2.45) is 0 Å². The van der Waals surface area contributed by atoms with E-state index < -0.39 is 0 Å². The molecule has 0 aromatic rings. The summed E-state index contributed by atoms with van der Waals surface area (Å²) in [5.41, 5.74) is 0. The molecule has 1 unspecified atom stereocenters. The molecule has 0 aromatic heterocycles. The Kier molecular flexibility index (Phi) is 2.39. The number of methoxy groups -OCH3 is 1. The van der Waals surface area contributed by atoms with E-state index in [2.05, 4.69) is 10.6 Å². The Morgan fingerprint density at radius 3 is 2.79 bits per heavy atom. The molecule has 2 heterocycles. The van der Waals surface area contributed by atoms with Gasteiger partial charge in [-0.1, -0.05) is 0 Å². The second-order valence-corrected chi connectivity index (χ2v) is 3.42. The van der Waals surface area contributed by atoms with Gasteiger partial charge < -0.3 is 15.4 Å². The van der Waals surface area contributed by atoms with E-state index in [0.717, 1.165) is 0 Å². The van der Waals surface area contributed by atoms with Crippen LogP contribution in [0.4, 0.5) is 4.79 Å². The smallest absolute Gasteiger partial charge is 0.324 e. The summed E-state index contributed by atoms with van der Waals surface area (Å²) >= 11 is 0. The first-order valence-electron chi connectivity index (χ1n) is 4.57. The molecule has 0 spiro atoms. The molecular weight excluding hydrogens is 186 g/mol. The van der Waals surface area contributed by atoms with Crippen molar-refractivity contribution in [2.45, 2.75) is 12.1 Å². The molecule has 0 aromatic carbocycles. The molecular formula is C8H13N3O3.